The van der Waals surface area contributed by atoms with Gasteiger partial charge in [-0.25, -0.2) is 0 Å². The van der Waals surface area contributed by atoms with Gasteiger partial charge in [-0.2, -0.15) is 0 Å². The van der Waals surface area contributed by atoms with Crippen LogP contribution in [0.4, 0.5) is 11.4 Å². The van der Waals surface area contributed by atoms with Crippen molar-refractivity contribution < 1.29 is 14.6 Å². The van der Waals surface area contributed by atoms with Crippen molar-refractivity contribution in [1.29, 1.82) is 0 Å². The third-order valence-electron chi connectivity index (χ3n) is 5.00. The summed E-state index contributed by atoms with van der Waals surface area (Å²) in [4.78, 5) is 29.3. The smallest absolute Gasteiger partial charge is 0.311 e. The van der Waals surface area contributed by atoms with Crippen molar-refractivity contribution in [2.24, 2.45) is 4.99 Å². The molecular weight excluding hydrogens is 414 g/mol. The summed E-state index contributed by atoms with van der Waals surface area (Å²) in [6, 6.07) is 12.8. The third-order valence-corrected chi connectivity index (χ3v) is 5.92. The van der Waals surface area contributed by atoms with Gasteiger partial charge in [-0.15, -0.1) is 0 Å². The number of aromatic nitrogens is 1. The lowest BCUT2D eigenvalue weighted by Crippen LogP contribution is -2.24. The van der Waals surface area contributed by atoms with Gasteiger partial charge in [-0.3, -0.25) is 19.1 Å². The number of carbonyl (C=O) groups is 1. The van der Waals surface area contributed by atoms with Crippen LogP contribution in [0.25, 0.3) is 11.6 Å². The van der Waals surface area contributed by atoms with Gasteiger partial charge in [0, 0.05) is 23.0 Å². The molecule has 1 aliphatic rings. The van der Waals surface area contributed by atoms with Crippen LogP contribution in [0.3, 0.4) is 0 Å². The second-order valence-corrected chi connectivity index (χ2v) is 7.94. The van der Waals surface area contributed by atoms with Crippen molar-refractivity contribution in [3.8, 4) is 11.6 Å². The van der Waals surface area contributed by atoms with Crippen LogP contribution in [0.15, 0.2) is 52.3 Å². The van der Waals surface area contributed by atoms with Gasteiger partial charge in [0.15, 0.2) is 0 Å². The van der Waals surface area contributed by atoms with Gasteiger partial charge >= 0.3 is 4.87 Å². The van der Waals surface area contributed by atoms with Crippen molar-refractivity contribution in [3.05, 3.63) is 68.1 Å². The van der Waals surface area contributed by atoms with E-state index in [0.717, 1.165) is 44.7 Å². The minimum Gasteiger partial charge on any atom is -0.497 e. The average molecular weight is 436 g/mol. The normalized spacial score (nSPS) is 13.4. The highest BCUT2D eigenvalue weighted by atomic mass is 32.1. The number of para-hydroxylation sites is 1. The van der Waals surface area contributed by atoms with Crippen LogP contribution in [0.5, 0.6) is 11.6 Å². The number of thiazole rings is 1. The molecule has 1 amide bonds. The van der Waals surface area contributed by atoms with E-state index in [1.54, 1.807) is 43.7 Å². The maximum absolute atomic E-state index is 12.4. The third kappa shape index (κ3) is 4.15. The number of aromatic hydroxyl groups is 1. The zero-order valence-corrected chi connectivity index (χ0v) is 17.9. The second kappa shape index (κ2) is 8.61. The van der Waals surface area contributed by atoms with E-state index in [1.807, 2.05) is 18.2 Å². The van der Waals surface area contributed by atoms with Crippen molar-refractivity contribution >= 4 is 46.5 Å². The van der Waals surface area contributed by atoms with Crippen LogP contribution in [0.1, 0.15) is 22.9 Å². The Morgan fingerprint density at radius 2 is 2.03 bits per heavy atom. The number of methoxy groups -OCH3 is 1. The highest BCUT2D eigenvalue weighted by molar-refractivity contribution is 7.10. The fourth-order valence-electron chi connectivity index (χ4n) is 3.39. The molecule has 2 N–H and O–H groups in total. The van der Waals surface area contributed by atoms with Crippen LogP contribution < -0.4 is 14.9 Å². The van der Waals surface area contributed by atoms with Crippen molar-refractivity contribution in [2.75, 3.05) is 12.4 Å². The quantitative estimate of drug-likeness (QED) is 0.610. The van der Waals surface area contributed by atoms with E-state index in [1.165, 1.54) is 0 Å². The lowest BCUT2D eigenvalue weighted by atomic mass is 10.0. The average Bonchev–Trinajstić information content (AvgIpc) is 3.30. The number of nitrogens with zero attached hydrogens (tertiary/aromatic N) is 2. The Labute approximate surface area is 183 Å². The predicted octanol–water partition coefficient (Wildman–Crippen LogP) is 4.08. The molecule has 1 aliphatic heterocycles. The maximum atomic E-state index is 12.4. The molecule has 4 rings (SSSR count). The first kappa shape index (κ1) is 20.6. The molecule has 0 aliphatic carbocycles. The molecule has 2 aromatic carbocycles. The number of allylic oxidation sites excluding steroid dienone is 1. The molecule has 0 atom stereocenters. The molecule has 158 valence electrons. The summed E-state index contributed by atoms with van der Waals surface area (Å²) < 4.78 is 6.15. The van der Waals surface area contributed by atoms with Crippen LogP contribution in [-0.2, 0) is 17.8 Å². The Hall–Kier alpha value is -3.65. The highest BCUT2D eigenvalue weighted by Gasteiger charge is 2.19. The number of hydrogen-bond donors (Lipinski definition) is 2. The Bertz CT molecular complexity index is 1250. The maximum Gasteiger partial charge on any atom is 0.311 e. The molecule has 31 heavy (non-hydrogen) atoms. The molecule has 8 heteroatoms. The Morgan fingerprint density at radius 1 is 1.26 bits per heavy atom. The summed E-state index contributed by atoms with van der Waals surface area (Å²) in [6.45, 7) is 1.78. The number of hydrogen-bond acceptors (Lipinski definition) is 6. The fraction of sp³-hybridized carbons (Fsp3) is 0.174. The number of amides is 1. The van der Waals surface area contributed by atoms with Crippen molar-refractivity contribution in [2.45, 2.75) is 19.9 Å². The van der Waals surface area contributed by atoms with E-state index >= 15 is 0 Å². The van der Waals surface area contributed by atoms with Gasteiger partial charge in [0.2, 0.25) is 11.8 Å². The fourth-order valence-corrected chi connectivity index (χ4v) is 4.22. The summed E-state index contributed by atoms with van der Waals surface area (Å²) in [5.41, 5.74) is 4.41. The Balaban J connectivity index is 1.55. The van der Waals surface area contributed by atoms with Gasteiger partial charge in [-0.05, 0) is 42.3 Å². The lowest BCUT2D eigenvalue weighted by molar-refractivity contribution is -0.116. The highest BCUT2D eigenvalue weighted by Crippen LogP contribution is 2.37. The first-order valence-corrected chi connectivity index (χ1v) is 10.6. The molecule has 2 heterocycles. The van der Waals surface area contributed by atoms with E-state index in [-0.39, 0.29) is 12.4 Å². The number of benzene rings is 2. The molecule has 0 spiro atoms. The van der Waals surface area contributed by atoms with Crippen LogP contribution in [0, 0.1) is 0 Å². The van der Waals surface area contributed by atoms with E-state index < -0.39 is 10.8 Å². The molecule has 7 nitrogen and oxygen atoms in total. The van der Waals surface area contributed by atoms with Gasteiger partial charge in [-0.1, -0.05) is 36.5 Å². The minimum atomic E-state index is -0.417. The summed E-state index contributed by atoms with van der Waals surface area (Å²) in [5.74, 6) is 0.0197. The first-order chi connectivity index (χ1) is 15.0. The van der Waals surface area contributed by atoms with Gasteiger partial charge in [0.25, 0.3) is 0 Å². The second-order valence-electron chi connectivity index (χ2n) is 6.94. The molecule has 3 aromatic rings. The number of anilines is 1. The minimum absolute atomic E-state index is 0.235. The molecule has 1 aromatic heterocycles. The van der Waals surface area contributed by atoms with Gasteiger partial charge in [0.1, 0.15) is 12.3 Å². The summed E-state index contributed by atoms with van der Waals surface area (Å²) in [6.07, 6.45) is 4.33. The zero-order chi connectivity index (χ0) is 22.0. The van der Waals surface area contributed by atoms with Gasteiger partial charge in [0.05, 0.1) is 17.7 Å². The molecule has 0 bridgehead atoms. The molecule has 0 unspecified atom stereocenters. The standard InChI is InChI=1S/C23H21N3O4S/c1-3-14-5-4-6-18-15(12-24-21(14)18)11-19-22(28)26(23(29)31-19)13-20(27)25-16-7-9-17(30-2)10-8-16/h4-12,28H,3,13H2,1-2H3,(H,25,27). The summed E-state index contributed by atoms with van der Waals surface area (Å²) >= 11 is 0.888. The molecular formula is C23H21N3O4S. The number of carbonyl (C=O) groups excluding carboxylic acids is 1. The molecule has 0 saturated carbocycles. The largest absolute Gasteiger partial charge is 0.497 e. The number of aryl methyl sites for hydroxylation is 1. The number of ether oxygens (including phenoxy) is 1. The lowest BCUT2D eigenvalue weighted by Gasteiger charge is -2.07. The van der Waals surface area contributed by atoms with Crippen LogP contribution >= 0.6 is 11.3 Å². The predicted molar refractivity (Wildman–Crippen MR) is 124 cm³/mol. The topological polar surface area (TPSA) is 92.9 Å². The van der Waals surface area contributed by atoms with E-state index in [0.29, 0.717) is 16.3 Å². The molecule has 0 saturated heterocycles. The number of fused-ring (bicyclic) bond motifs is 1. The first-order valence-electron chi connectivity index (χ1n) is 9.74. The zero-order valence-electron chi connectivity index (χ0n) is 17.1. The summed E-state index contributed by atoms with van der Waals surface area (Å²) in [7, 11) is 1.56. The van der Waals surface area contributed by atoms with Crippen molar-refractivity contribution in [3.63, 3.8) is 0 Å². The summed E-state index contributed by atoms with van der Waals surface area (Å²) in [5, 5.41) is 13.3. The Morgan fingerprint density at radius 3 is 2.74 bits per heavy atom. The van der Waals surface area contributed by atoms with E-state index in [9.17, 15) is 14.7 Å². The van der Waals surface area contributed by atoms with Crippen LogP contribution in [0.2, 0.25) is 0 Å². The van der Waals surface area contributed by atoms with Crippen molar-refractivity contribution in [1.82, 2.24) is 4.57 Å². The number of rotatable bonds is 6. The molecule has 0 fully saturated rings. The SMILES string of the molecule is CCc1cccc2c1N=CC2=Cc1sc(=O)n(CC(=O)Nc2ccc(OC)cc2)c1O. The Kier molecular flexibility index (Phi) is 5.73. The van der Waals surface area contributed by atoms with Gasteiger partial charge < -0.3 is 15.2 Å². The number of nitrogens with one attached hydrogen (secondary N) is 1. The number of aliphatic imine (C=N–C) groups is 1. The van der Waals surface area contributed by atoms with Crippen LogP contribution in [-0.4, -0.2) is 28.9 Å². The molecule has 0 radical (unpaired) electrons. The van der Waals surface area contributed by atoms with E-state index in [4.69, 9.17) is 4.74 Å². The monoisotopic (exact) mass is 435 g/mol. The van der Waals surface area contributed by atoms with E-state index in [2.05, 4.69) is 17.2 Å².